The largest absolute Gasteiger partial charge is 0.494 e. The van der Waals surface area contributed by atoms with E-state index >= 15 is 0 Å². The second kappa shape index (κ2) is 7.64. The molecule has 6 heteroatoms. The van der Waals surface area contributed by atoms with E-state index in [0.29, 0.717) is 18.7 Å². The number of carbonyl (C=O) groups excluding carboxylic acids is 1. The van der Waals surface area contributed by atoms with E-state index in [1.807, 2.05) is 6.92 Å². The van der Waals surface area contributed by atoms with Crippen LogP contribution in [0.1, 0.15) is 38.3 Å². The Morgan fingerprint density at radius 2 is 2.22 bits per heavy atom. The number of ether oxygens (including phenoxy) is 1. The molecule has 1 saturated heterocycles. The van der Waals surface area contributed by atoms with Gasteiger partial charge in [0.1, 0.15) is 0 Å². The normalized spacial score (nSPS) is 20.7. The highest BCUT2D eigenvalue weighted by Crippen LogP contribution is 2.23. The number of aliphatic hydroxyl groups is 1. The van der Waals surface area contributed by atoms with Crippen LogP contribution in [0.15, 0.2) is 18.2 Å². The molecule has 1 heterocycles. The molecule has 1 aromatic rings. The molecule has 1 fully saturated rings. The third-order valence-electron chi connectivity index (χ3n) is 4.44. The van der Waals surface area contributed by atoms with Gasteiger partial charge in [0.15, 0.2) is 11.6 Å². The van der Waals surface area contributed by atoms with E-state index < -0.39 is 11.9 Å². The Hall–Kier alpha value is -1.82. The first-order chi connectivity index (χ1) is 10.9. The number of piperidine rings is 1. The van der Waals surface area contributed by atoms with E-state index in [4.69, 9.17) is 4.74 Å². The molecule has 0 aliphatic carbocycles. The fourth-order valence-corrected chi connectivity index (χ4v) is 2.90. The summed E-state index contributed by atoms with van der Waals surface area (Å²) in [5.74, 6) is -0.149. The molecule has 0 spiro atoms. The van der Waals surface area contributed by atoms with E-state index in [9.17, 15) is 14.3 Å². The lowest BCUT2D eigenvalue weighted by molar-refractivity contribution is 0.0734. The fourth-order valence-electron chi connectivity index (χ4n) is 2.90. The Kier molecular flexibility index (Phi) is 5.82. The molecule has 2 amide bonds. The first kappa shape index (κ1) is 17.5. The SMILES string of the molecule is COc1ccc(C(C)NC(=O)N2CCCC(C(C)O)C2)cc1F. The fraction of sp³-hybridized carbons (Fsp3) is 0.588. The van der Waals surface area contributed by atoms with Crippen LogP contribution in [-0.2, 0) is 0 Å². The van der Waals surface area contributed by atoms with Gasteiger partial charge in [0, 0.05) is 19.0 Å². The topological polar surface area (TPSA) is 61.8 Å². The van der Waals surface area contributed by atoms with Gasteiger partial charge in [-0.25, -0.2) is 9.18 Å². The monoisotopic (exact) mass is 324 g/mol. The zero-order valence-corrected chi connectivity index (χ0v) is 13.9. The van der Waals surface area contributed by atoms with Gasteiger partial charge >= 0.3 is 6.03 Å². The lowest BCUT2D eigenvalue weighted by atomic mass is 9.94. The quantitative estimate of drug-likeness (QED) is 0.895. The number of aliphatic hydroxyl groups excluding tert-OH is 1. The van der Waals surface area contributed by atoms with Gasteiger partial charge in [-0.15, -0.1) is 0 Å². The number of amides is 2. The van der Waals surface area contributed by atoms with Crippen LogP contribution in [0.4, 0.5) is 9.18 Å². The average molecular weight is 324 g/mol. The van der Waals surface area contributed by atoms with Crippen molar-refractivity contribution < 1.29 is 19.0 Å². The molecule has 128 valence electrons. The molecule has 1 aliphatic heterocycles. The summed E-state index contributed by atoms with van der Waals surface area (Å²) in [5, 5.41) is 12.6. The number of urea groups is 1. The summed E-state index contributed by atoms with van der Waals surface area (Å²) < 4.78 is 18.7. The van der Waals surface area contributed by atoms with Gasteiger partial charge < -0.3 is 20.1 Å². The molecular formula is C17H25FN2O3. The van der Waals surface area contributed by atoms with Crippen molar-refractivity contribution in [3.63, 3.8) is 0 Å². The van der Waals surface area contributed by atoms with Crippen molar-refractivity contribution in [3.05, 3.63) is 29.6 Å². The predicted octanol–water partition coefficient (Wildman–Crippen LogP) is 2.70. The van der Waals surface area contributed by atoms with E-state index in [1.165, 1.54) is 13.2 Å². The Labute approximate surface area is 136 Å². The molecule has 3 unspecified atom stereocenters. The molecule has 23 heavy (non-hydrogen) atoms. The predicted molar refractivity (Wildman–Crippen MR) is 85.9 cm³/mol. The molecule has 2 rings (SSSR count). The number of likely N-dealkylation sites (tertiary alicyclic amines) is 1. The highest BCUT2D eigenvalue weighted by molar-refractivity contribution is 5.74. The maximum Gasteiger partial charge on any atom is 0.317 e. The average Bonchev–Trinajstić information content (AvgIpc) is 2.54. The summed E-state index contributed by atoms with van der Waals surface area (Å²) >= 11 is 0. The van der Waals surface area contributed by atoms with Crippen LogP contribution in [0.3, 0.4) is 0 Å². The van der Waals surface area contributed by atoms with Crippen LogP contribution in [0.2, 0.25) is 0 Å². The van der Waals surface area contributed by atoms with Crippen molar-refractivity contribution in [3.8, 4) is 5.75 Å². The second-order valence-electron chi connectivity index (χ2n) is 6.15. The van der Waals surface area contributed by atoms with E-state index in [-0.39, 0.29) is 23.7 Å². The third kappa shape index (κ3) is 4.34. The van der Waals surface area contributed by atoms with Crippen LogP contribution in [0.25, 0.3) is 0 Å². The van der Waals surface area contributed by atoms with Crippen molar-refractivity contribution in [1.29, 1.82) is 0 Å². The summed E-state index contributed by atoms with van der Waals surface area (Å²) in [4.78, 5) is 14.1. The number of rotatable bonds is 4. The molecule has 0 radical (unpaired) electrons. The van der Waals surface area contributed by atoms with Gasteiger partial charge in [0.25, 0.3) is 0 Å². The van der Waals surface area contributed by atoms with Gasteiger partial charge in [-0.3, -0.25) is 0 Å². The number of nitrogens with one attached hydrogen (secondary N) is 1. The Bertz CT molecular complexity index is 551. The highest BCUT2D eigenvalue weighted by atomic mass is 19.1. The minimum Gasteiger partial charge on any atom is -0.494 e. The van der Waals surface area contributed by atoms with Crippen molar-refractivity contribution in [1.82, 2.24) is 10.2 Å². The molecule has 1 aromatic carbocycles. The van der Waals surface area contributed by atoms with Gasteiger partial charge in [-0.2, -0.15) is 0 Å². The number of methoxy groups -OCH3 is 1. The van der Waals surface area contributed by atoms with Crippen LogP contribution in [-0.4, -0.2) is 42.3 Å². The molecule has 0 aromatic heterocycles. The molecule has 5 nitrogen and oxygen atoms in total. The summed E-state index contributed by atoms with van der Waals surface area (Å²) in [5.41, 5.74) is 0.681. The van der Waals surface area contributed by atoms with Gasteiger partial charge in [-0.05, 0) is 44.4 Å². The number of benzene rings is 1. The Balaban J connectivity index is 1.97. The Morgan fingerprint density at radius 3 is 2.83 bits per heavy atom. The van der Waals surface area contributed by atoms with E-state index in [2.05, 4.69) is 5.32 Å². The number of nitrogens with zero attached hydrogens (tertiary/aromatic N) is 1. The molecule has 0 bridgehead atoms. The molecule has 3 atom stereocenters. The maximum atomic E-state index is 13.8. The van der Waals surface area contributed by atoms with Crippen molar-refractivity contribution in [2.45, 2.75) is 38.8 Å². The molecule has 2 N–H and O–H groups in total. The summed E-state index contributed by atoms with van der Waals surface area (Å²) in [6.45, 7) is 4.80. The molecule has 1 aliphatic rings. The number of carbonyl (C=O) groups is 1. The first-order valence-electron chi connectivity index (χ1n) is 7.99. The number of hydrogen-bond acceptors (Lipinski definition) is 3. The number of hydrogen-bond donors (Lipinski definition) is 2. The lowest BCUT2D eigenvalue weighted by Crippen LogP contribution is -2.47. The van der Waals surface area contributed by atoms with Gasteiger partial charge in [-0.1, -0.05) is 6.07 Å². The van der Waals surface area contributed by atoms with Crippen molar-refractivity contribution in [2.24, 2.45) is 5.92 Å². The van der Waals surface area contributed by atoms with Crippen LogP contribution < -0.4 is 10.1 Å². The lowest BCUT2D eigenvalue weighted by Gasteiger charge is -2.34. The minimum atomic E-state index is -0.446. The second-order valence-corrected chi connectivity index (χ2v) is 6.15. The molecular weight excluding hydrogens is 299 g/mol. The smallest absolute Gasteiger partial charge is 0.317 e. The first-order valence-corrected chi connectivity index (χ1v) is 7.99. The van der Waals surface area contributed by atoms with E-state index in [1.54, 1.807) is 24.0 Å². The zero-order valence-electron chi connectivity index (χ0n) is 13.9. The standard InChI is InChI=1S/C17H25FN2O3/c1-11(13-6-7-16(23-3)15(18)9-13)19-17(22)20-8-4-5-14(10-20)12(2)21/h6-7,9,11-12,14,21H,4-5,8,10H2,1-3H3,(H,19,22). The van der Waals surface area contributed by atoms with Crippen LogP contribution in [0, 0.1) is 11.7 Å². The van der Waals surface area contributed by atoms with E-state index in [0.717, 1.165) is 12.8 Å². The molecule has 0 saturated carbocycles. The van der Waals surface area contributed by atoms with Gasteiger partial charge in [0.2, 0.25) is 0 Å². The Morgan fingerprint density at radius 1 is 1.48 bits per heavy atom. The minimum absolute atomic E-state index is 0.114. The van der Waals surface area contributed by atoms with Gasteiger partial charge in [0.05, 0.1) is 19.3 Å². The number of halogens is 1. The van der Waals surface area contributed by atoms with Crippen molar-refractivity contribution >= 4 is 6.03 Å². The highest BCUT2D eigenvalue weighted by Gasteiger charge is 2.27. The third-order valence-corrected chi connectivity index (χ3v) is 4.44. The van der Waals surface area contributed by atoms with Crippen molar-refractivity contribution in [2.75, 3.05) is 20.2 Å². The summed E-state index contributed by atoms with van der Waals surface area (Å²) in [6.07, 6.45) is 1.40. The zero-order chi connectivity index (χ0) is 17.0. The van der Waals surface area contributed by atoms with Crippen LogP contribution in [0.5, 0.6) is 5.75 Å². The van der Waals surface area contributed by atoms with Crippen LogP contribution >= 0.6 is 0 Å². The summed E-state index contributed by atoms with van der Waals surface area (Å²) in [6, 6.07) is 4.17. The summed E-state index contributed by atoms with van der Waals surface area (Å²) in [7, 11) is 1.41. The maximum absolute atomic E-state index is 13.8.